The third kappa shape index (κ3) is 9.13. The van der Waals surface area contributed by atoms with Crippen molar-refractivity contribution in [2.24, 2.45) is 4.99 Å². The highest BCUT2D eigenvalue weighted by atomic mass is 127. The Hall–Kier alpha value is -0.810. The number of carbonyl (C=O) groups excluding carboxylic acids is 1. The van der Waals surface area contributed by atoms with Crippen LogP contribution in [-0.2, 0) is 4.74 Å². The number of likely N-dealkylation sites (N-methyl/N-ethyl adjacent to an activating group) is 1. The van der Waals surface area contributed by atoms with Crippen LogP contribution in [0.4, 0.5) is 4.79 Å². The van der Waals surface area contributed by atoms with Crippen molar-refractivity contribution >= 4 is 36.0 Å². The summed E-state index contributed by atoms with van der Waals surface area (Å²) in [4.78, 5) is 23.3. The summed E-state index contributed by atoms with van der Waals surface area (Å²) in [6.45, 7) is 16.2. The molecule has 0 aromatic rings. The second-order valence-electron chi connectivity index (χ2n) is 8.49. The summed E-state index contributed by atoms with van der Waals surface area (Å²) < 4.78 is 5.40. The van der Waals surface area contributed by atoms with Crippen LogP contribution in [0.1, 0.15) is 34.1 Å². The SMILES string of the molecule is CCNC(=NCCN1CCCN(C)CC1)NC1CN(C(=O)OC(C)(C)C)C1.I. The summed E-state index contributed by atoms with van der Waals surface area (Å²) in [7, 11) is 2.19. The molecule has 2 fully saturated rings. The summed E-state index contributed by atoms with van der Waals surface area (Å²) in [5, 5.41) is 6.72. The first-order valence-electron chi connectivity index (χ1n) is 10.2. The number of halogens is 1. The van der Waals surface area contributed by atoms with E-state index in [1.54, 1.807) is 4.90 Å². The lowest BCUT2D eigenvalue weighted by Crippen LogP contribution is -2.63. The number of likely N-dealkylation sites (tertiary alicyclic amines) is 1. The minimum Gasteiger partial charge on any atom is -0.444 e. The van der Waals surface area contributed by atoms with Crippen LogP contribution < -0.4 is 10.6 Å². The molecule has 0 bridgehead atoms. The fourth-order valence-electron chi connectivity index (χ4n) is 3.19. The van der Waals surface area contributed by atoms with Crippen LogP contribution in [0.2, 0.25) is 0 Å². The Morgan fingerprint density at radius 1 is 1.18 bits per heavy atom. The maximum atomic E-state index is 12.0. The van der Waals surface area contributed by atoms with Gasteiger partial charge in [-0.2, -0.15) is 0 Å². The topological polar surface area (TPSA) is 72.4 Å². The van der Waals surface area contributed by atoms with Crippen molar-refractivity contribution in [3.05, 3.63) is 0 Å². The maximum absolute atomic E-state index is 12.0. The van der Waals surface area contributed by atoms with Gasteiger partial charge in [-0.15, -0.1) is 24.0 Å². The molecule has 2 aliphatic heterocycles. The van der Waals surface area contributed by atoms with Crippen molar-refractivity contribution in [1.82, 2.24) is 25.3 Å². The second-order valence-corrected chi connectivity index (χ2v) is 8.49. The number of nitrogens with one attached hydrogen (secondary N) is 2. The van der Waals surface area contributed by atoms with Gasteiger partial charge < -0.3 is 30.1 Å². The van der Waals surface area contributed by atoms with E-state index in [1.807, 2.05) is 20.8 Å². The molecular formula is C19H39IN6O2. The molecule has 2 heterocycles. The summed E-state index contributed by atoms with van der Waals surface area (Å²) >= 11 is 0. The highest BCUT2D eigenvalue weighted by molar-refractivity contribution is 14.0. The lowest BCUT2D eigenvalue weighted by molar-refractivity contribution is 0.00700. The number of amides is 1. The number of guanidine groups is 1. The van der Waals surface area contributed by atoms with Gasteiger partial charge in [0.1, 0.15) is 5.60 Å². The fourth-order valence-corrected chi connectivity index (χ4v) is 3.19. The zero-order valence-electron chi connectivity index (χ0n) is 18.2. The molecule has 0 atom stereocenters. The molecule has 0 saturated carbocycles. The number of rotatable bonds is 5. The summed E-state index contributed by atoms with van der Waals surface area (Å²) in [5.74, 6) is 0.832. The van der Waals surface area contributed by atoms with Gasteiger partial charge in [0.25, 0.3) is 0 Å². The third-order valence-corrected chi connectivity index (χ3v) is 4.72. The highest BCUT2D eigenvalue weighted by Gasteiger charge is 2.34. The van der Waals surface area contributed by atoms with E-state index in [0.717, 1.165) is 45.2 Å². The fraction of sp³-hybridized carbons (Fsp3) is 0.895. The van der Waals surface area contributed by atoms with Gasteiger partial charge in [0.2, 0.25) is 0 Å². The van der Waals surface area contributed by atoms with Crippen LogP contribution in [-0.4, -0.2) is 104 Å². The maximum Gasteiger partial charge on any atom is 0.410 e. The first-order chi connectivity index (χ1) is 12.8. The van der Waals surface area contributed by atoms with E-state index in [1.165, 1.54) is 13.0 Å². The summed E-state index contributed by atoms with van der Waals surface area (Å²) in [6.07, 6.45) is 0.981. The number of ether oxygens (including phenoxy) is 1. The predicted octanol–water partition coefficient (Wildman–Crippen LogP) is 1.42. The Morgan fingerprint density at radius 3 is 2.54 bits per heavy atom. The zero-order valence-corrected chi connectivity index (χ0v) is 20.5. The van der Waals surface area contributed by atoms with Crippen molar-refractivity contribution < 1.29 is 9.53 Å². The Kier molecular flexibility index (Phi) is 10.8. The van der Waals surface area contributed by atoms with Gasteiger partial charge in [0.05, 0.1) is 12.6 Å². The molecular weight excluding hydrogens is 471 g/mol. The molecule has 0 aromatic heterocycles. The van der Waals surface area contributed by atoms with E-state index in [9.17, 15) is 4.79 Å². The smallest absolute Gasteiger partial charge is 0.410 e. The molecule has 2 rings (SSSR count). The predicted molar refractivity (Wildman–Crippen MR) is 125 cm³/mol. The van der Waals surface area contributed by atoms with Crippen molar-refractivity contribution in [2.75, 3.05) is 66.0 Å². The summed E-state index contributed by atoms with van der Waals surface area (Å²) in [5.41, 5.74) is -0.450. The van der Waals surface area contributed by atoms with Crippen LogP contribution in [0.25, 0.3) is 0 Å². The molecule has 164 valence electrons. The highest BCUT2D eigenvalue weighted by Crippen LogP contribution is 2.15. The largest absolute Gasteiger partial charge is 0.444 e. The van der Waals surface area contributed by atoms with Crippen LogP contribution in [0, 0.1) is 0 Å². The standard InChI is InChI=1S/C19H38N6O2.HI/c1-6-20-17(21-8-11-24-10-7-9-23(5)12-13-24)22-16-14-25(15-16)18(26)27-19(2,3)4;/h16H,6-15H2,1-5H3,(H2,20,21,22);1H. The van der Waals surface area contributed by atoms with E-state index >= 15 is 0 Å². The molecule has 0 unspecified atom stereocenters. The molecule has 28 heavy (non-hydrogen) atoms. The van der Waals surface area contributed by atoms with E-state index in [4.69, 9.17) is 9.73 Å². The van der Waals surface area contributed by atoms with E-state index in [-0.39, 0.29) is 36.1 Å². The van der Waals surface area contributed by atoms with Gasteiger partial charge in [-0.05, 0) is 54.3 Å². The Labute approximate surface area is 187 Å². The molecule has 0 aliphatic carbocycles. The monoisotopic (exact) mass is 510 g/mol. The zero-order chi connectivity index (χ0) is 19.9. The van der Waals surface area contributed by atoms with Gasteiger partial charge in [-0.1, -0.05) is 0 Å². The number of aliphatic imine (C=N–C) groups is 1. The lowest BCUT2D eigenvalue weighted by Gasteiger charge is -2.40. The summed E-state index contributed by atoms with van der Waals surface area (Å²) in [6, 6.07) is 0.224. The molecule has 2 saturated heterocycles. The van der Waals surface area contributed by atoms with Crippen molar-refractivity contribution in [2.45, 2.75) is 45.8 Å². The minimum atomic E-state index is -0.450. The molecule has 0 spiro atoms. The third-order valence-electron chi connectivity index (χ3n) is 4.72. The lowest BCUT2D eigenvalue weighted by atomic mass is 10.1. The first-order valence-corrected chi connectivity index (χ1v) is 10.2. The van der Waals surface area contributed by atoms with Crippen molar-refractivity contribution in [1.29, 1.82) is 0 Å². The molecule has 8 nitrogen and oxygen atoms in total. The number of hydrogen-bond acceptors (Lipinski definition) is 5. The molecule has 2 N–H and O–H groups in total. The van der Waals surface area contributed by atoms with Gasteiger partial charge in [0, 0.05) is 39.3 Å². The Morgan fingerprint density at radius 2 is 1.89 bits per heavy atom. The van der Waals surface area contributed by atoms with Crippen LogP contribution in [0.3, 0.4) is 0 Å². The van der Waals surface area contributed by atoms with E-state index in [2.05, 4.69) is 34.4 Å². The average molecular weight is 510 g/mol. The van der Waals surface area contributed by atoms with Gasteiger partial charge in [-0.25, -0.2) is 4.79 Å². The average Bonchev–Trinajstić information content (AvgIpc) is 2.73. The molecule has 9 heteroatoms. The number of nitrogens with zero attached hydrogens (tertiary/aromatic N) is 4. The number of hydrogen-bond donors (Lipinski definition) is 2. The minimum absolute atomic E-state index is 0. The van der Waals surface area contributed by atoms with Gasteiger partial charge in [-0.3, -0.25) is 4.99 Å². The van der Waals surface area contributed by atoms with Crippen LogP contribution in [0.5, 0.6) is 0 Å². The van der Waals surface area contributed by atoms with E-state index in [0.29, 0.717) is 13.1 Å². The van der Waals surface area contributed by atoms with Crippen molar-refractivity contribution in [3.8, 4) is 0 Å². The van der Waals surface area contributed by atoms with Crippen LogP contribution in [0.15, 0.2) is 4.99 Å². The Balaban J connectivity index is 0.00000392. The second kappa shape index (κ2) is 12.0. The molecule has 0 radical (unpaired) electrons. The van der Waals surface area contributed by atoms with Gasteiger partial charge in [0.15, 0.2) is 5.96 Å². The normalized spacial score (nSPS) is 20.0. The van der Waals surface area contributed by atoms with E-state index < -0.39 is 5.60 Å². The van der Waals surface area contributed by atoms with Crippen molar-refractivity contribution in [3.63, 3.8) is 0 Å². The Bertz CT molecular complexity index is 505. The number of carbonyl (C=O) groups is 1. The molecule has 0 aromatic carbocycles. The van der Waals surface area contributed by atoms with Crippen LogP contribution >= 0.6 is 24.0 Å². The molecule has 1 amide bonds. The molecule has 2 aliphatic rings. The quantitative estimate of drug-likeness (QED) is 0.331. The first kappa shape index (κ1) is 25.2. The van der Waals surface area contributed by atoms with Gasteiger partial charge >= 0.3 is 6.09 Å².